The minimum atomic E-state index is -0.329. The Morgan fingerprint density at radius 3 is 2.38 bits per heavy atom. The SMILES string of the molecule is Fc1ccc([C@@H]2Nc3ccc(Br)cc3[C@H](c3ccccc3)O2)cc1. The Morgan fingerprint density at radius 2 is 1.62 bits per heavy atom. The molecule has 0 unspecified atom stereocenters. The van der Waals surface area contributed by atoms with Crippen molar-refractivity contribution in [1.82, 2.24) is 0 Å². The van der Waals surface area contributed by atoms with Gasteiger partial charge in [0.05, 0.1) is 0 Å². The third-order valence-corrected chi connectivity index (χ3v) is 4.62. The topological polar surface area (TPSA) is 21.3 Å². The van der Waals surface area contributed by atoms with Crippen molar-refractivity contribution in [2.75, 3.05) is 5.32 Å². The number of hydrogen-bond acceptors (Lipinski definition) is 2. The predicted molar refractivity (Wildman–Crippen MR) is 96.3 cm³/mol. The monoisotopic (exact) mass is 383 g/mol. The standard InChI is InChI=1S/C20H15BrFNO/c21-15-8-11-18-17(12-15)19(13-4-2-1-3-5-13)24-20(23-18)14-6-9-16(22)10-7-14/h1-12,19-20,23H/t19-,20+/m0/s1. The molecule has 0 saturated carbocycles. The van der Waals surface area contributed by atoms with Crippen LogP contribution in [0.5, 0.6) is 0 Å². The van der Waals surface area contributed by atoms with Crippen molar-refractivity contribution < 1.29 is 9.13 Å². The first-order chi connectivity index (χ1) is 11.7. The van der Waals surface area contributed by atoms with Crippen molar-refractivity contribution in [3.8, 4) is 0 Å². The van der Waals surface area contributed by atoms with Crippen LogP contribution in [0, 0.1) is 5.82 Å². The van der Waals surface area contributed by atoms with Crippen LogP contribution < -0.4 is 5.32 Å². The number of anilines is 1. The fraction of sp³-hybridized carbons (Fsp3) is 0.100. The van der Waals surface area contributed by atoms with E-state index in [4.69, 9.17) is 4.74 Å². The summed E-state index contributed by atoms with van der Waals surface area (Å²) < 4.78 is 20.5. The van der Waals surface area contributed by atoms with Crippen LogP contribution in [0.4, 0.5) is 10.1 Å². The quantitative estimate of drug-likeness (QED) is 0.601. The van der Waals surface area contributed by atoms with Crippen LogP contribution in [0.25, 0.3) is 0 Å². The van der Waals surface area contributed by atoms with Crippen LogP contribution in [0.3, 0.4) is 0 Å². The summed E-state index contributed by atoms with van der Waals surface area (Å²) in [6.45, 7) is 0. The molecule has 1 aliphatic heterocycles. The minimum Gasteiger partial charge on any atom is -0.356 e. The number of ether oxygens (including phenoxy) is 1. The highest BCUT2D eigenvalue weighted by Crippen LogP contribution is 2.42. The molecular weight excluding hydrogens is 369 g/mol. The molecule has 4 rings (SSSR count). The number of rotatable bonds is 2. The van der Waals surface area contributed by atoms with Gasteiger partial charge in [0.2, 0.25) is 0 Å². The molecular formula is C20H15BrFNO. The van der Waals surface area contributed by atoms with Crippen LogP contribution in [0.1, 0.15) is 29.0 Å². The second kappa shape index (κ2) is 6.38. The number of fused-ring (bicyclic) bond motifs is 1. The van der Waals surface area contributed by atoms with Gasteiger partial charge in [0, 0.05) is 21.3 Å². The van der Waals surface area contributed by atoms with E-state index in [1.165, 1.54) is 12.1 Å². The number of hydrogen-bond donors (Lipinski definition) is 1. The Labute approximate surface area is 148 Å². The van der Waals surface area contributed by atoms with E-state index in [0.29, 0.717) is 0 Å². The van der Waals surface area contributed by atoms with Crippen molar-refractivity contribution in [2.45, 2.75) is 12.3 Å². The van der Waals surface area contributed by atoms with Crippen LogP contribution in [0.2, 0.25) is 0 Å². The maximum Gasteiger partial charge on any atom is 0.155 e. The van der Waals surface area contributed by atoms with Gasteiger partial charge in [0.25, 0.3) is 0 Å². The molecule has 4 heteroatoms. The largest absolute Gasteiger partial charge is 0.356 e. The smallest absolute Gasteiger partial charge is 0.155 e. The van der Waals surface area contributed by atoms with E-state index in [2.05, 4.69) is 39.4 Å². The van der Waals surface area contributed by atoms with Gasteiger partial charge in [-0.1, -0.05) is 58.4 Å². The third-order valence-electron chi connectivity index (χ3n) is 4.13. The Hall–Kier alpha value is -2.17. The maximum atomic E-state index is 13.2. The molecule has 0 radical (unpaired) electrons. The molecule has 3 aromatic carbocycles. The van der Waals surface area contributed by atoms with Gasteiger partial charge in [-0.15, -0.1) is 0 Å². The Morgan fingerprint density at radius 1 is 0.875 bits per heavy atom. The lowest BCUT2D eigenvalue weighted by molar-refractivity contribution is 0.0157. The molecule has 1 aliphatic rings. The third kappa shape index (κ3) is 2.95. The summed E-state index contributed by atoms with van der Waals surface area (Å²) in [5.74, 6) is -0.251. The Balaban J connectivity index is 1.77. The molecule has 0 aliphatic carbocycles. The summed E-state index contributed by atoms with van der Waals surface area (Å²) in [6.07, 6.45) is -0.514. The van der Waals surface area contributed by atoms with E-state index in [9.17, 15) is 4.39 Å². The van der Waals surface area contributed by atoms with Gasteiger partial charge in [-0.3, -0.25) is 0 Å². The van der Waals surface area contributed by atoms with Gasteiger partial charge in [0.15, 0.2) is 6.23 Å². The predicted octanol–water partition coefficient (Wildman–Crippen LogP) is 5.82. The second-order valence-electron chi connectivity index (χ2n) is 5.73. The highest BCUT2D eigenvalue weighted by Gasteiger charge is 2.29. The lowest BCUT2D eigenvalue weighted by Gasteiger charge is -2.34. The zero-order chi connectivity index (χ0) is 16.5. The summed E-state index contributed by atoms with van der Waals surface area (Å²) in [6, 6.07) is 22.6. The second-order valence-corrected chi connectivity index (χ2v) is 6.65. The Bertz CT molecular complexity index is 851. The average molecular weight is 384 g/mol. The molecule has 1 N–H and O–H groups in total. The van der Waals surface area contributed by atoms with E-state index in [0.717, 1.165) is 26.9 Å². The van der Waals surface area contributed by atoms with Crippen molar-refractivity contribution in [2.24, 2.45) is 0 Å². The van der Waals surface area contributed by atoms with Gasteiger partial charge >= 0.3 is 0 Å². The lowest BCUT2D eigenvalue weighted by Crippen LogP contribution is -2.25. The summed E-state index contributed by atoms with van der Waals surface area (Å²) in [4.78, 5) is 0. The van der Waals surface area contributed by atoms with Crippen LogP contribution in [-0.4, -0.2) is 0 Å². The van der Waals surface area contributed by atoms with E-state index in [1.54, 1.807) is 12.1 Å². The van der Waals surface area contributed by atoms with Gasteiger partial charge in [0.1, 0.15) is 11.9 Å². The number of nitrogens with one attached hydrogen (secondary N) is 1. The van der Waals surface area contributed by atoms with Crippen LogP contribution in [-0.2, 0) is 4.74 Å². The highest BCUT2D eigenvalue weighted by atomic mass is 79.9. The van der Waals surface area contributed by atoms with Crippen molar-refractivity contribution in [3.05, 3.63) is 99.8 Å². The molecule has 120 valence electrons. The summed E-state index contributed by atoms with van der Waals surface area (Å²) in [5, 5.41) is 3.39. The zero-order valence-electron chi connectivity index (χ0n) is 12.7. The average Bonchev–Trinajstić information content (AvgIpc) is 2.62. The van der Waals surface area contributed by atoms with Crippen molar-refractivity contribution in [3.63, 3.8) is 0 Å². The van der Waals surface area contributed by atoms with E-state index < -0.39 is 0 Å². The minimum absolute atomic E-state index is 0.185. The molecule has 1 heterocycles. The van der Waals surface area contributed by atoms with Crippen LogP contribution >= 0.6 is 15.9 Å². The Kier molecular flexibility index (Phi) is 4.08. The molecule has 0 aromatic heterocycles. The molecule has 0 saturated heterocycles. The van der Waals surface area contributed by atoms with E-state index in [1.807, 2.05) is 30.3 Å². The zero-order valence-corrected chi connectivity index (χ0v) is 14.3. The molecule has 0 spiro atoms. The number of benzene rings is 3. The maximum absolute atomic E-state index is 13.2. The first-order valence-electron chi connectivity index (χ1n) is 7.72. The molecule has 0 amide bonds. The summed E-state index contributed by atoms with van der Waals surface area (Å²) in [7, 11) is 0. The van der Waals surface area contributed by atoms with Gasteiger partial charge in [-0.2, -0.15) is 0 Å². The molecule has 3 aromatic rings. The van der Waals surface area contributed by atoms with Gasteiger partial charge in [-0.25, -0.2) is 4.39 Å². The first-order valence-corrected chi connectivity index (χ1v) is 8.52. The van der Waals surface area contributed by atoms with E-state index >= 15 is 0 Å². The highest BCUT2D eigenvalue weighted by molar-refractivity contribution is 9.10. The first kappa shape index (κ1) is 15.4. The summed E-state index contributed by atoms with van der Waals surface area (Å²) in [5.41, 5.74) is 4.08. The molecule has 2 atom stereocenters. The fourth-order valence-electron chi connectivity index (χ4n) is 2.95. The fourth-order valence-corrected chi connectivity index (χ4v) is 3.33. The molecule has 2 nitrogen and oxygen atoms in total. The number of halogens is 2. The van der Waals surface area contributed by atoms with Gasteiger partial charge in [-0.05, 0) is 35.9 Å². The summed E-state index contributed by atoms with van der Waals surface area (Å²) >= 11 is 3.53. The molecule has 0 fully saturated rings. The molecule has 0 bridgehead atoms. The molecule has 24 heavy (non-hydrogen) atoms. The van der Waals surface area contributed by atoms with Crippen molar-refractivity contribution in [1.29, 1.82) is 0 Å². The normalized spacial score (nSPS) is 19.4. The van der Waals surface area contributed by atoms with Crippen LogP contribution in [0.15, 0.2) is 77.3 Å². The van der Waals surface area contributed by atoms with Gasteiger partial charge < -0.3 is 10.1 Å². The lowest BCUT2D eigenvalue weighted by atomic mass is 9.97. The van der Waals surface area contributed by atoms with Crippen molar-refractivity contribution >= 4 is 21.6 Å². The van der Waals surface area contributed by atoms with E-state index in [-0.39, 0.29) is 18.1 Å².